The van der Waals surface area contributed by atoms with E-state index in [0.29, 0.717) is 11.5 Å². The van der Waals surface area contributed by atoms with Gasteiger partial charge in [-0.2, -0.15) is 0 Å². The van der Waals surface area contributed by atoms with Crippen molar-refractivity contribution < 1.29 is 20.1 Å². The van der Waals surface area contributed by atoms with Crippen molar-refractivity contribution in [2.75, 3.05) is 0 Å². The Balaban J connectivity index is 1.85. The number of benzene rings is 2. The Labute approximate surface area is 173 Å². The van der Waals surface area contributed by atoms with E-state index < -0.39 is 11.7 Å². The van der Waals surface area contributed by atoms with Crippen LogP contribution in [0.1, 0.15) is 36.2 Å². The van der Waals surface area contributed by atoms with Crippen LogP contribution in [0.3, 0.4) is 0 Å². The van der Waals surface area contributed by atoms with E-state index in [4.69, 9.17) is 0 Å². The molecule has 0 amide bonds. The van der Waals surface area contributed by atoms with Gasteiger partial charge in [-0.25, -0.2) is 4.79 Å². The van der Waals surface area contributed by atoms with E-state index in [2.05, 4.69) is 24.1 Å². The van der Waals surface area contributed by atoms with Crippen molar-refractivity contribution >= 4 is 34.5 Å². The van der Waals surface area contributed by atoms with Crippen molar-refractivity contribution in [3.05, 3.63) is 71.3 Å². The molecular formula is C24H22N2O4. The summed E-state index contributed by atoms with van der Waals surface area (Å²) in [5.41, 5.74) is 3.40. The Morgan fingerprint density at radius 1 is 1.17 bits per heavy atom. The number of phenols is 1. The van der Waals surface area contributed by atoms with Crippen molar-refractivity contribution in [1.29, 1.82) is 0 Å². The topological polar surface area (TPSA) is 95.0 Å². The molecule has 1 aliphatic rings. The highest BCUT2D eigenvalue weighted by atomic mass is 16.4. The SMILES string of the molecule is CC1=CC(C)CC(n2c(O)c(C=Nc3cccc(C(=O)O)c3O)c3ccccc32)=C1. The Morgan fingerprint density at radius 2 is 1.93 bits per heavy atom. The summed E-state index contributed by atoms with van der Waals surface area (Å²) in [7, 11) is 0. The largest absolute Gasteiger partial charge is 0.505 e. The molecule has 1 unspecified atom stereocenters. The Morgan fingerprint density at radius 3 is 2.67 bits per heavy atom. The van der Waals surface area contributed by atoms with Gasteiger partial charge in [-0.05, 0) is 43.5 Å². The van der Waals surface area contributed by atoms with Gasteiger partial charge in [0.25, 0.3) is 0 Å². The van der Waals surface area contributed by atoms with Gasteiger partial charge < -0.3 is 15.3 Å². The van der Waals surface area contributed by atoms with Crippen LogP contribution in [0.2, 0.25) is 0 Å². The molecule has 1 aliphatic carbocycles. The quantitative estimate of drug-likeness (QED) is 0.514. The van der Waals surface area contributed by atoms with Crippen LogP contribution >= 0.6 is 0 Å². The maximum atomic E-state index is 11.2. The van der Waals surface area contributed by atoms with Gasteiger partial charge >= 0.3 is 5.97 Å². The zero-order chi connectivity index (χ0) is 21.4. The van der Waals surface area contributed by atoms with Crippen LogP contribution in [0.5, 0.6) is 11.6 Å². The fourth-order valence-corrected chi connectivity index (χ4v) is 3.97. The number of aliphatic imine (C=N–C) groups is 1. The third kappa shape index (κ3) is 3.37. The summed E-state index contributed by atoms with van der Waals surface area (Å²) in [6.07, 6.45) is 6.52. The maximum absolute atomic E-state index is 11.2. The number of hydrogen-bond donors (Lipinski definition) is 3. The molecule has 1 atom stereocenters. The van der Waals surface area contributed by atoms with Crippen LogP contribution in [-0.4, -0.2) is 32.1 Å². The summed E-state index contributed by atoms with van der Waals surface area (Å²) < 4.78 is 1.83. The zero-order valence-corrected chi connectivity index (χ0v) is 16.7. The van der Waals surface area contributed by atoms with E-state index in [9.17, 15) is 20.1 Å². The molecule has 6 heteroatoms. The minimum atomic E-state index is -1.23. The number of aromatic hydroxyl groups is 2. The molecule has 6 nitrogen and oxygen atoms in total. The molecule has 3 aromatic rings. The highest BCUT2D eigenvalue weighted by Crippen LogP contribution is 2.38. The molecule has 0 radical (unpaired) electrons. The fraction of sp³-hybridized carbons (Fsp3) is 0.167. The lowest BCUT2D eigenvalue weighted by Crippen LogP contribution is -2.05. The second-order valence-corrected chi connectivity index (χ2v) is 7.55. The van der Waals surface area contributed by atoms with Gasteiger partial charge in [-0.3, -0.25) is 9.56 Å². The number of aromatic nitrogens is 1. The van der Waals surface area contributed by atoms with Gasteiger partial charge in [0, 0.05) is 17.3 Å². The van der Waals surface area contributed by atoms with Crippen LogP contribution in [0.4, 0.5) is 5.69 Å². The van der Waals surface area contributed by atoms with E-state index >= 15 is 0 Å². The molecule has 0 bridgehead atoms. The number of nitrogens with zero attached hydrogens (tertiary/aromatic N) is 2. The molecule has 3 N–H and O–H groups in total. The van der Waals surface area contributed by atoms with E-state index in [1.807, 2.05) is 35.8 Å². The summed E-state index contributed by atoms with van der Waals surface area (Å²) in [5.74, 6) is -1.22. The average Bonchev–Trinajstić information content (AvgIpc) is 2.97. The van der Waals surface area contributed by atoms with Crippen molar-refractivity contribution in [1.82, 2.24) is 4.57 Å². The van der Waals surface area contributed by atoms with Gasteiger partial charge in [0.05, 0.1) is 11.1 Å². The number of rotatable bonds is 4. The smallest absolute Gasteiger partial charge is 0.339 e. The lowest BCUT2D eigenvalue weighted by atomic mass is 9.96. The molecular weight excluding hydrogens is 380 g/mol. The number of carboxylic acid groups (broad SMARTS) is 1. The molecule has 0 spiro atoms. The van der Waals surface area contributed by atoms with Crippen LogP contribution in [-0.2, 0) is 0 Å². The second kappa shape index (κ2) is 7.55. The summed E-state index contributed by atoms with van der Waals surface area (Å²) >= 11 is 0. The highest BCUT2D eigenvalue weighted by Gasteiger charge is 2.21. The third-order valence-electron chi connectivity index (χ3n) is 5.23. The molecule has 30 heavy (non-hydrogen) atoms. The predicted molar refractivity (Wildman–Crippen MR) is 118 cm³/mol. The second-order valence-electron chi connectivity index (χ2n) is 7.55. The molecule has 1 heterocycles. The first-order chi connectivity index (χ1) is 14.4. The molecule has 0 saturated carbocycles. The van der Waals surface area contributed by atoms with Gasteiger partial charge in [0.2, 0.25) is 5.88 Å². The standard InChI is InChI=1S/C24H22N2O4/c1-14-10-15(2)12-16(11-14)26-21-9-4-3-6-17(21)19(23(26)28)13-25-20-8-5-7-18(22(20)27)24(29)30/h3-11,13,15,27-28H,12H2,1-2H3,(H,29,30). The van der Waals surface area contributed by atoms with Gasteiger partial charge in [0.1, 0.15) is 11.3 Å². The minimum absolute atomic E-state index is 0.0574. The summed E-state index contributed by atoms with van der Waals surface area (Å²) in [5, 5.41) is 31.3. The average molecular weight is 402 g/mol. The maximum Gasteiger partial charge on any atom is 0.339 e. The molecule has 0 aliphatic heterocycles. The summed E-state index contributed by atoms with van der Waals surface area (Å²) in [6, 6.07) is 12.0. The van der Waals surface area contributed by atoms with Crippen molar-refractivity contribution in [2.24, 2.45) is 10.9 Å². The minimum Gasteiger partial charge on any atom is -0.505 e. The van der Waals surface area contributed by atoms with Gasteiger partial charge in [-0.15, -0.1) is 0 Å². The number of aromatic carboxylic acids is 1. The molecule has 1 aromatic heterocycles. The van der Waals surface area contributed by atoms with E-state index in [1.54, 1.807) is 0 Å². The molecule has 0 saturated heterocycles. The first-order valence-corrected chi connectivity index (χ1v) is 9.68. The van der Waals surface area contributed by atoms with Crippen molar-refractivity contribution in [3.8, 4) is 11.6 Å². The number of carbonyl (C=O) groups is 1. The van der Waals surface area contributed by atoms with Crippen LogP contribution in [0, 0.1) is 5.92 Å². The van der Waals surface area contributed by atoms with Gasteiger partial charge in [-0.1, -0.05) is 42.8 Å². The normalized spacial score (nSPS) is 16.7. The van der Waals surface area contributed by atoms with Crippen molar-refractivity contribution in [2.45, 2.75) is 20.3 Å². The molecule has 152 valence electrons. The summed E-state index contributed by atoms with van der Waals surface area (Å²) in [4.78, 5) is 15.5. The number of allylic oxidation sites excluding steroid dienone is 4. The first kappa shape index (κ1) is 19.5. The van der Waals surface area contributed by atoms with Gasteiger partial charge in [0.15, 0.2) is 5.75 Å². The number of para-hydroxylation sites is 2. The molecule has 2 aromatic carbocycles. The van der Waals surface area contributed by atoms with Crippen LogP contribution < -0.4 is 0 Å². The summed E-state index contributed by atoms with van der Waals surface area (Å²) in [6.45, 7) is 4.18. The monoisotopic (exact) mass is 402 g/mol. The molecule has 4 rings (SSSR count). The third-order valence-corrected chi connectivity index (χ3v) is 5.23. The number of hydrogen-bond acceptors (Lipinski definition) is 4. The fourth-order valence-electron chi connectivity index (χ4n) is 3.97. The first-order valence-electron chi connectivity index (χ1n) is 9.68. The highest BCUT2D eigenvalue weighted by molar-refractivity contribution is 6.05. The van der Waals surface area contributed by atoms with Crippen molar-refractivity contribution in [3.63, 3.8) is 0 Å². The van der Waals surface area contributed by atoms with E-state index in [0.717, 1.165) is 28.6 Å². The van der Waals surface area contributed by atoms with E-state index in [1.165, 1.54) is 24.4 Å². The molecule has 0 fully saturated rings. The Hall–Kier alpha value is -3.80. The zero-order valence-electron chi connectivity index (χ0n) is 16.7. The lowest BCUT2D eigenvalue weighted by molar-refractivity contribution is 0.0694. The van der Waals surface area contributed by atoms with E-state index in [-0.39, 0.29) is 17.1 Å². The van der Waals surface area contributed by atoms with Crippen LogP contribution in [0.15, 0.2) is 65.2 Å². The van der Waals surface area contributed by atoms with Crippen LogP contribution in [0.25, 0.3) is 16.6 Å². The lowest BCUT2D eigenvalue weighted by Gasteiger charge is -2.19. The number of carboxylic acids is 1. The Kier molecular flexibility index (Phi) is 4.91. The predicted octanol–water partition coefficient (Wildman–Crippen LogP) is 5.33. The Bertz CT molecular complexity index is 1250. The number of fused-ring (bicyclic) bond motifs is 1.